The Kier molecular flexibility index (Phi) is 8.39. The van der Waals surface area contributed by atoms with Gasteiger partial charge in [-0.25, -0.2) is 14.8 Å². The van der Waals surface area contributed by atoms with Crippen molar-refractivity contribution in [2.75, 3.05) is 19.6 Å². The van der Waals surface area contributed by atoms with Crippen LogP contribution < -0.4 is 10.6 Å². The van der Waals surface area contributed by atoms with Crippen molar-refractivity contribution in [2.24, 2.45) is 4.99 Å². The van der Waals surface area contributed by atoms with Gasteiger partial charge in [0.05, 0.1) is 23.8 Å². The Hall–Kier alpha value is -1.10. The second-order valence-corrected chi connectivity index (χ2v) is 7.72. The maximum Gasteiger partial charge on any atom is 0.410 e. The zero-order chi connectivity index (χ0) is 17.7. The van der Waals surface area contributed by atoms with E-state index in [1.165, 1.54) is 0 Å². The third-order valence-electron chi connectivity index (χ3n) is 3.44. The molecule has 1 aliphatic heterocycles. The molecule has 0 atom stereocenters. The molecule has 1 aliphatic rings. The van der Waals surface area contributed by atoms with Crippen LogP contribution in [0.5, 0.6) is 0 Å². The van der Waals surface area contributed by atoms with Crippen molar-refractivity contribution in [3.05, 3.63) is 16.1 Å². The van der Waals surface area contributed by atoms with E-state index >= 15 is 0 Å². The summed E-state index contributed by atoms with van der Waals surface area (Å²) in [5, 5.41) is 6.59. The van der Waals surface area contributed by atoms with Gasteiger partial charge in [-0.05, 0) is 34.6 Å². The molecular weight excluding hydrogens is 453 g/mol. The number of nitrogens with one attached hydrogen (secondary N) is 2. The number of halogens is 1. The van der Waals surface area contributed by atoms with Crippen LogP contribution >= 0.6 is 35.3 Å². The summed E-state index contributed by atoms with van der Waals surface area (Å²) in [6, 6.07) is 0.192. The van der Waals surface area contributed by atoms with Crippen LogP contribution in [0.15, 0.2) is 10.5 Å². The number of guanidine groups is 1. The first-order chi connectivity index (χ1) is 11.3. The quantitative estimate of drug-likeness (QED) is 0.393. The van der Waals surface area contributed by atoms with E-state index in [1.807, 2.05) is 40.1 Å². The van der Waals surface area contributed by atoms with Crippen LogP contribution in [0.4, 0.5) is 4.79 Å². The van der Waals surface area contributed by atoms with Gasteiger partial charge < -0.3 is 20.3 Å². The van der Waals surface area contributed by atoms with Crippen molar-refractivity contribution >= 4 is 47.4 Å². The summed E-state index contributed by atoms with van der Waals surface area (Å²) in [5.41, 5.74) is 2.41. The number of thiazole rings is 1. The Morgan fingerprint density at radius 1 is 1.48 bits per heavy atom. The lowest BCUT2D eigenvalue weighted by molar-refractivity contribution is 0.00701. The molecule has 1 fully saturated rings. The second-order valence-electron chi connectivity index (χ2n) is 6.78. The summed E-state index contributed by atoms with van der Waals surface area (Å²) < 4.78 is 5.36. The SMILES string of the molecule is CCNC(=NCc1scnc1C)NC1CN(C(=O)OC(C)(C)C)C1.I. The van der Waals surface area contributed by atoms with Crippen molar-refractivity contribution < 1.29 is 9.53 Å². The van der Waals surface area contributed by atoms with Crippen LogP contribution in [-0.2, 0) is 11.3 Å². The van der Waals surface area contributed by atoms with Gasteiger partial charge >= 0.3 is 6.09 Å². The van der Waals surface area contributed by atoms with Gasteiger partial charge in [0.2, 0.25) is 0 Å². The monoisotopic (exact) mass is 481 g/mol. The molecule has 0 bridgehead atoms. The molecule has 1 saturated heterocycles. The van der Waals surface area contributed by atoms with E-state index in [0.29, 0.717) is 19.6 Å². The van der Waals surface area contributed by atoms with E-state index in [4.69, 9.17) is 4.74 Å². The highest BCUT2D eigenvalue weighted by molar-refractivity contribution is 14.0. The maximum atomic E-state index is 11.9. The third-order valence-corrected chi connectivity index (χ3v) is 4.36. The summed E-state index contributed by atoms with van der Waals surface area (Å²) >= 11 is 1.61. The first-order valence-corrected chi connectivity index (χ1v) is 9.08. The van der Waals surface area contributed by atoms with Crippen LogP contribution in [0.3, 0.4) is 0 Å². The number of carbonyl (C=O) groups excluding carboxylic acids is 1. The fraction of sp³-hybridized carbons (Fsp3) is 0.688. The maximum absolute atomic E-state index is 11.9. The zero-order valence-electron chi connectivity index (χ0n) is 15.5. The predicted molar refractivity (Wildman–Crippen MR) is 112 cm³/mol. The lowest BCUT2D eigenvalue weighted by Crippen LogP contribution is -2.63. The van der Waals surface area contributed by atoms with Gasteiger partial charge in [-0.2, -0.15) is 0 Å². The molecule has 1 aromatic rings. The van der Waals surface area contributed by atoms with Crippen LogP contribution in [0.2, 0.25) is 0 Å². The average molecular weight is 481 g/mol. The minimum absolute atomic E-state index is 0. The highest BCUT2D eigenvalue weighted by Crippen LogP contribution is 2.16. The molecule has 142 valence electrons. The molecule has 0 radical (unpaired) electrons. The van der Waals surface area contributed by atoms with Crippen molar-refractivity contribution in [3.8, 4) is 0 Å². The number of rotatable bonds is 4. The summed E-state index contributed by atoms with van der Waals surface area (Å²) in [4.78, 5) is 23.6. The first kappa shape index (κ1) is 21.9. The van der Waals surface area contributed by atoms with E-state index < -0.39 is 5.60 Å². The molecule has 0 saturated carbocycles. The van der Waals surface area contributed by atoms with E-state index in [0.717, 1.165) is 23.1 Å². The largest absolute Gasteiger partial charge is 0.444 e. The highest BCUT2D eigenvalue weighted by Gasteiger charge is 2.34. The van der Waals surface area contributed by atoms with Crippen LogP contribution in [0.1, 0.15) is 38.3 Å². The van der Waals surface area contributed by atoms with E-state index in [2.05, 4.69) is 20.6 Å². The Bertz CT molecular complexity index is 594. The second kappa shape index (κ2) is 9.56. The van der Waals surface area contributed by atoms with Crippen LogP contribution in [0, 0.1) is 6.92 Å². The summed E-state index contributed by atoms with van der Waals surface area (Å²) in [6.45, 7) is 12.3. The fourth-order valence-corrected chi connectivity index (χ4v) is 2.89. The molecular formula is C16H28IN5O2S. The number of ether oxygens (including phenoxy) is 1. The Morgan fingerprint density at radius 2 is 2.16 bits per heavy atom. The predicted octanol–water partition coefficient (Wildman–Crippen LogP) is 2.74. The molecule has 25 heavy (non-hydrogen) atoms. The van der Waals surface area contributed by atoms with Gasteiger partial charge in [0.1, 0.15) is 5.60 Å². The minimum atomic E-state index is -0.460. The van der Waals surface area contributed by atoms with Crippen molar-refractivity contribution in [2.45, 2.75) is 52.8 Å². The van der Waals surface area contributed by atoms with Crippen LogP contribution in [0.25, 0.3) is 0 Å². The lowest BCUT2D eigenvalue weighted by Gasteiger charge is -2.40. The Labute approximate surface area is 170 Å². The number of carbonyl (C=O) groups is 1. The number of hydrogen-bond acceptors (Lipinski definition) is 5. The number of aryl methyl sites for hydroxylation is 1. The van der Waals surface area contributed by atoms with Gasteiger partial charge in [0.15, 0.2) is 5.96 Å². The molecule has 2 N–H and O–H groups in total. The van der Waals surface area contributed by atoms with E-state index in [9.17, 15) is 4.79 Å². The third kappa shape index (κ3) is 6.96. The van der Waals surface area contributed by atoms with Gasteiger partial charge in [-0.1, -0.05) is 0 Å². The molecule has 0 aromatic carbocycles. The molecule has 0 spiro atoms. The zero-order valence-corrected chi connectivity index (χ0v) is 18.6. The molecule has 9 heteroatoms. The van der Waals surface area contributed by atoms with Crippen molar-refractivity contribution in [3.63, 3.8) is 0 Å². The summed E-state index contributed by atoms with van der Waals surface area (Å²) in [6.07, 6.45) is -0.261. The van der Waals surface area contributed by atoms with Crippen LogP contribution in [-0.4, -0.2) is 53.2 Å². The topological polar surface area (TPSA) is 78.9 Å². The minimum Gasteiger partial charge on any atom is -0.444 e. The number of nitrogens with zero attached hydrogens (tertiary/aromatic N) is 3. The molecule has 2 rings (SSSR count). The van der Waals surface area contributed by atoms with Gasteiger partial charge in [-0.3, -0.25) is 0 Å². The molecule has 0 aliphatic carbocycles. The summed E-state index contributed by atoms with van der Waals surface area (Å²) in [5.74, 6) is 0.763. The number of amides is 1. The Morgan fingerprint density at radius 3 is 2.68 bits per heavy atom. The van der Waals surface area contributed by atoms with Gasteiger partial charge in [0.25, 0.3) is 0 Å². The number of aromatic nitrogens is 1. The molecule has 1 aromatic heterocycles. The number of likely N-dealkylation sites (tertiary alicyclic amines) is 1. The number of aliphatic imine (C=N–C) groups is 1. The Balaban J connectivity index is 0.00000312. The van der Waals surface area contributed by atoms with Gasteiger partial charge in [-0.15, -0.1) is 35.3 Å². The van der Waals surface area contributed by atoms with Gasteiger partial charge in [0, 0.05) is 24.5 Å². The van der Waals surface area contributed by atoms with Crippen molar-refractivity contribution in [1.82, 2.24) is 20.5 Å². The average Bonchev–Trinajstić information content (AvgIpc) is 2.82. The normalized spacial score (nSPS) is 15.2. The fourth-order valence-electron chi connectivity index (χ4n) is 2.19. The molecule has 7 nitrogen and oxygen atoms in total. The highest BCUT2D eigenvalue weighted by atomic mass is 127. The molecule has 0 unspecified atom stereocenters. The first-order valence-electron chi connectivity index (χ1n) is 8.20. The number of hydrogen-bond donors (Lipinski definition) is 2. The summed E-state index contributed by atoms with van der Waals surface area (Å²) in [7, 11) is 0. The van der Waals surface area contributed by atoms with Crippen molar-refractivity contribution in [1.29, 1.82) is 0 Å². The smallest absolute Gasteiger partial charge is 0.410 e. The van der Waals surface area contributed by atoms with E-state index in [1.54, 1.807) is 16.2 Å². The molecule has 2 heterocycles. The molecule has 1 amide bonds. The lowest BCUT2D eigenvalue weighted by atomic mass is 10.1. The van der Waals surface area contributed by atoms with E-state index in [-0.39, 0.29) is 36.1 Å². The standard InChI is InChI=1S/C16H27N5O2S.HI/c1-6-17-14(18-7-13-11(2)19-10-24-13)20-12-8-21(9-12)15(22)23-16(3,4)5;/h10,12H,6-9H2,1-5H3,(H2,17,18,20);1H.